The van der Waals surface area contributed by atoms with Crippen LogP contribution in [0.1, 0.15) is 5.56 Å². The summed E-state index contributed by atoms with van der Waals surface area (Å²) >= 11 is 1.74. The molecule has 0 amide bonds. The Morgan fingerprint density at radius 2 is 1.86 bits per heavy atom. The van der Waals surface area contributed by atoms with E-state index < -0.39 is 45.7 Å². The first-order valence-corrected chi connectivity index (χ1v) is 9.73. The molecule has 29 heavy (non-hydrogen) atoms. The number of fused-ring (bicyclic) bond motifs is 1. The summed E-state index contributed by atoms with van der Waals surface area (Å²) in [6.45, 7) is 0. The molecule has 148 valence electrons. The van der Waals surface area contributed by atoms with Gasteiger partial charge in [-0.15, -0.1) is 11.3 Å². The molecule has 0 fully saturated rings. The zero-order chi connectivity index (χ0) is 20.7. The van der Waals surface area contributed by atoms with E-state index in [9.17, 15) is 27.2 Å². The van der Waals surface area contributed by atoms with Gasteiger partial charge >= 0.3 is 0 Å². The monoisotopic (exact) mass is 440 g/mol. The highest BCUT2D eigenvalue weighted by Gasteiger charge is 2.19. The number of thioether (sulfide) groups is 1. The minimum atomic E-state index is -1.35. The number of hydrogen-bond donors (Lipinski definition) is 1. The molecule has 3 aromatic heterocycles. The van der Waals surface area contributed by atoms with Gasteiger partial charge in [0.15, 0.2) is 28.3 Å². The summed E-state index contributed by atoms with van der Waals surface area (Å²) in [5.41, 5.74) is -0.682. The number of pyridine rings is 1. The van der Waals surface area contributed by atoms with E-state index in [1.807, 2.05) is 0 Å². The maximum absolute atomic E-state index is 14.0. The van der Waals surface area contributed by atoms with Gasteiger partial charge in [0.1, 0.15) is 10.5 Å². The fraction of sp³-hybridized carbons (Fsp3) is 0.0588. The second kappa shape index (κ2) is 7.44. The van der Waals surface area contributed by atoms with Crippen molar-refractivity contribution in [2.75, 3.05) is 0 Å². The van der Waals surface area contributed by atoms with Gasteiger partial charge in [-0.25, -0.2) is 27.5 Å². The fourth-order valence-electron chi connectivity index (χ4n) is 2.53. The Morgan fingerprint density at radius 3 is 2.62 bits per heavy atom. The fourth-order valence-corrected chi connectivity index (χ4v) is 4.19. The average Bonchev–Trinajstić information content (AvgIpc) is 3.16. The molecule has 1 aromatic carbocycles. The van der Waals surface area contributed by atoms with Gasteiger partial charge in [0.2, 0.25) is 0 Å². The molecule has 0 bridgehead atoms. The summed E-state index contributed by atoms with van der Waals surface area (Å²) in [6.07, 6.45) is 1.11. The molecule has 0 aliphatic rings. The van der Waals surface area contributed by atoms with Gasteiger partial charge in [0, 0.05) is 23.6 Å². The minimum Gasteiger partial charge on any atom is -0.324 e. The van der Waals surface area contributed by atoms with Crippen molar-refractivity contribution in [1.29, 1.82) is 0 Å². The average molecular weight is 440 g/mol. The summed E-state index contributed by atoms with van der Waals surface area (Å²) in [5.74, 6) is -5.06. The Hall–Kier alpha value is -2.99. The third-order valence-electron chi connectivity index (χ3n) is 3.92. The molecule has 0 spiro atoms. The molecule has 1 N–H and O–H groups in total. The SMILES string of the molecule is O=c1[nH]cc(-n2c(SCc3c(F)ccc(F)c3F)nc3ncsc3c2=O)cc1F. The Balaban J connectivity index is 1.85. The third-order valence-corrected chi connectivity index (χ3v) is 5.69. The number of nitrogens with zero attached hydrogens (tertiary/aromatic N) is 3. The van der Waals surface area contributed by atoms with Gasteiger partial charge in [-0.1, -0.05) is 11.8 Å². The lowest BCUT2D eigenvalue weighted by Crippen LogP contribution is -2.23. The van der Waals surface area contributed by atoms with Crippen molar-refractivity contribution in [3.8, 4) is 5.69 Å². The molecule has 0 atom stereocenters. The lowest BCUT2D eigenvalue weighted by Gasteiger charge is -2.12. The van der Waals surface area contributed by atoms with Crippen molar-refractivity contribution in [3.63, 3.8) is 0 Å². The van der Waals surface area contributed by atoms with Crippen molar-refractivity contribution in [1.82, 2.24) is 19.5 Å². The number of aromatic nitrogens is 4. The molecule has 0 aliphatic heterocycles. The van der Waals surface area contributed by atoms with E-state index in [-0.39, 0.29) is 21.2 Å². The van der Waals surface area contributed by atoms with E-state index >= 15 is 0 Å². The molecular weight excluding hydrogens is 432 g/mol. The summed E-state index contributed by atoms with van der Waals surface area (Å²) in [6, 6.07) is 2.29. The molecule has 12 heteroatoms. The highest BCUT2D eigenvalue weighted by molar-refractivity contribution is 7.98. The Bertz CT molecular complexity index is 1370. The normalized spacial score (nSPS) is 11.3. The topological polar surface area (TPSA) is 80.6 Å². The maximum atomic E-state index is 14.0. The van der Waals surface area contributed by atoms with Crippen LogP contribution in [0.5, 0.6) is 0 Å². The van der Waals surface area contributed by atoms with Gasteiger partial charge in [-0.2, -0.15) is 0 Å². The number of nitrogens with one attached hydrogen (secondary N) is 1. The van der Waals surface area contributed by atoms with Crippen molar-refractivity contribution < 1.29 is 17.6 Å². The van der Waals surface area contributed by atoms with Gasteiger partial charge < -0.3 is 4.98 Å². The second-order valence-corrected chi connectivity index (χ2v) is 7.48. The first-order chi connectivity index (χ1) is 13.9. The van der Waals surface area contributed by atoms with Crippen LogP contribution < -0.4 is 11.1 Å². The van der Waals surface area contributed by atoms with Crippen LogP contribution >= 0.6 is 23.1 Å². The molecule has 4 rings (SSSR count). The zero-order valence-corrected chi connectivity index (χ0v) is 15.7. The van der Waals surface area contributed by atoms with Crippen LogP contribution in [-0.4, -0.2) is 19.5 Å². The molecule has 0 aliphatic carbocycles. The van der Waals surface area contributed by atoms with Crippen molar-refractivity contribution >= 4 is 33.4 Å². The zero-order valence-electron chi connectivity index (χ0n) is 14.1. The van der Waals surface area contributed by atoms with Crippen LogP contribution in [0.3, 0.4) is 0 Å². The second-order valence-electron chi connectivity index (χ2n) is 5.69. The number of thiazole rings is 1. The smallest absolute Gasteiger partial charge is 0.284 e. The molecular formula is C17H8F4N4O2S2. The molecule has 4 aromatic rings. The molecule has 0 saturated carbocycles. The van der Waals surface area contributed by atoms with Gasteiger partial charge in [-0.3, -0.25) is 14.2 Å². The van der Waals surface area contributed by atoms with E-state index in [4.69, 9.17) is 0 Å². The molecule has 3 heterocycles. The Labute approximate surface area is 166 Å². The van der Waals surface area contributed by atoms with E-state index in [2.05, 4.69) is 15.0 Å². The number of halogens is 4. The predicted molar refractivity (Wildman–Crippen MR) is 99.5 cm³/mol. The number of aromatic amines is 1. The quantitative estimate of drug-likeness (QED) is 0.228. The van der Waals surface area contributed by atoms with Crippen molar-refractivity contribution in [2.24, 2.45) is 0 Å². The molecule has 6 nitrogen and oxygen atoms in total. The van der Waals surface area contributed by atoms with E-state index in [0.717, 1.165) is 46.0 Å². The van der Waals surface area contributed by atoms with Crippen molar-refractivity contribution in [2.45, 2.75) is 10.9 Å². The number of rotatable bonds is 4. The van der Waals surface area contributed by atoms with Crippen LogP contribution in [0.2, 0.25) is 0 Å². The summed E-state index contributed by atoms with van der Waals surface area (Å²) in [7, 11) is 0. The highest BCUT2D eigenvalue weighted by Crippen LogP contribution is 2.28. The van der Waals surface area contributed by atoms with E-state index in [0.29, 0.717) is 6.07 Å². The molecule has 0 saturated heterocycles. The van der Waals surface area contributed by atoms with Crippen LogP contribution in [-0.2, 0) is 5.75 Å². The summed E-state index contributed by atoms with van der Waals surface area (Å²) in [4.78, 5) is 34.5. The maximum Gasteiger partial charge on any atom is 0.284 e. The van der Waals surface area contributed by atoms with Crippen LogP contribution in [0.15, 0.2) is 44.7 Å². The Kier molecular flexibility index (Phi) is 4.96. The Morgan fingerprint density at radius 1 is 1.10 bits per heavy atom. The standard InChI is InChI=1S/C17H8F4N4O2S2/c18-9-1-2-10(19)12(21)8(9)5-28-17-24-14-13(29-6-23-14)16(27)25(17)7-3-11(20)15(26)22-4-7/h1-4,6H,5H2,(H,22,26). The number of H-pyrrole nitrogens is 1. The highest BCUT2D eigenvalue weighted by atomic mass is 32.2. The van der Waals surface area contributed by atoms with Crippen LogP contribution in [0, 0.1) is 23.3 Å². The van der Waals surface area contributed by atoms with Gasteiger partial charge in [-0.05, 0) is 12.1 Å². The lowest BCUT2D eigenvalue weighted by molar-refractivity contribution is 0.485. The molecule has 0 unspecified atom stereocenters. The third kappa shape index (κ3) is 3.44. The predicted octanol–water partition coefficient (Wildman–Crippen LogP) is 3.38. The largest absolute Gasteiger partial charge is 0.324 e. The summed E-state index contributed by atoms with van der Waals surface area (Å²) < 4.78 is 56.2. The van der Waals surface area contributed by atoms with Gasteiger partial charge in [0.05, 0.1) is 11.2 Å². The van der Waals surface area contributed by atoms with E-state index in [1.54, 1.807) is 0 Å². The van der Waals surface area contributed by atoms with Crippen LogP contribution in [0.4, 0.5) is 17.6 Å². The minimum absolute atomic E-state index is 0.0439. The van der Waals surface area contributed by atoms with Crippen molar-refractivity contribution in [3.05, 3.63) is 79.4 Å². The van der Waals surface area contributed by atoms with E-state index in [1.165, 1.54) is 5.51 Å². The first-order valence-electron chi connectivity index (χ1n) is 7.87. The van der Waals surface area contributed by atoms with Gasteiger partial charge in [0.25, 0.3) is 11.1 Å². The first kappa shape index (κ1) is 19.3. The molecule has 0 radical (unpaired) electrons. The van der Waals surface area contributed by atoms with Crippen LogP contribution in [0.25, 0.3) is 16.0 Å². The lowest BCUT2D eigenvalue weighted by atomic mass is 10.2. The number of benzene rings is 1. The number of hydrogen-bond acceptors (Lipinski definition) is 6. The summed E-state index contributed by atoms with van der Waals surface area (Å²) in [5, 5.41) is -0.0667.